The van der Waals surface area contributed by atoms with Crippen LogP contribution >= 0.6 is 11.3 Å². The summed E-state index contributed by atoms with van der Waals surface area (Å²) in [5.74, 6) is 0.0700. The lowest BCUT2D eigenvalue weighted by Crippen LogP contribution is -2.29. The lowest BCUT2D eigenvalue weighted by Gasteiger charge is -2.25. The van der Waals surface area contributed by atoms with Gasteiger partial charge in [-0.3, -0.25) is 4.79 Å². The molecule has 3 aromatic rings. The first-order valence-electron chi connectivity index (χ1n) is 8.32. The quantitative estimate of drug-likeness (QED) is 0.695. The monoisotopic (exact) mass is 354 g/mol. The van der Waals surface area contributed by atoms with Gasteiger partial charge < -0.3 is 4.90 Å². The van der Waals surface area contributed by atoms with Crippen molar-refractivity contribution in [2.45, 2.75) is 33.2 Å². The van der Waals surface area contributed by atoms with E-state index in [1.807, 2.05) is 44.3 Å². The Kier molecular flexibility index (Phi) is 4.99. The van der Waals surface area contributed by atoms with Gasteiger partial charge in [-0.25, -0.2) is 9.67 Å². The van der Waals surface area contributed by atoms with Crippen molar-refractivity contribution in [2.75, 3.05) is 7.05 Å². The summed E-state index contributed by atoms with van der Waals surface area (Å²) in [6.07, 6.45) is 4.13. The lowest BCUT2D eigenvalue weighted by atomic mass is 10.1. The molecule has 1 atom stereocenters. The van der Waals surface area contributed by atoms with Crippen LogP contribution in [-0.2, 0) is 6.42 Å². The number of carbonyl (C=O) groups excluding carboxylic acids is 1. The highest BCUT2D eigenvalue weighted by molar-refractivity contribution is 7.14. The first-order valence-corrected chi connectivity index (χ1v) is 9.14. The van der Waals surface area contributed by atoms with Crippen molar-refractivity contribution in [2.24, 2.45) is 0 Å². The summed E-state index contributed by atoms with van der Waals surface area (Å²) in [5, 5.41) is 4.13. The van der Waals surface area contributed by atoms with Gasteiger partial charge in [-0.1, -0.05) is 19.1 Å². The number of hydrogen-bond acceptors (Lipinski definition) is 4. The van der Waals surface area contributed by atoms with Crippen molar-refractivity contribution in [3.05, 3.63) is 63.9 Å². The second-order valence-electron chi connectivity index (χ2n) is 6.07. The molecule has 0 aliphatic carbocycles. The SMILES string of the molecule is CCc1cc(C(=O)N(C)C(C)c2ccc(-n3cncn3)cc2)sc1C. The Bertz CT molecular complexity index is 852. The number of thiophene rings is 1. The Labute approximate surface area is 151 Å². The van der Waals surface area contributed by atoms with Crippen molar-refractivity contribution in [3.63, 3.8) is 0 Å². The predicted octanol–water partition coefficient (Wildman–Crippen LogP) is 4.03. The van der Waals surface area contributed by atoms with Crippen molar-refractivity contribution in [1.29, 1.82) is 0 Å². The van der Waals surface area contributed by atoms with Crippen molar-refractivity contribution >= 4 is 17.2 Å². The third-order valence-electron chi connectivity index (χ3n) is 4.57. The summed E-state index contributed by atoms with van der Waals surface area (Å²) in [6.45, 7) is 6.24. The summed E-state index contributed by atoms with van der Waals surface area (Å²) < 4.78 is 1.71. The van der Waals surface area contributed by atoms with Crippen LogP contribution in [0.25, 0.3) is 5.69 Å². The molecular weight excluding hydrogens is 332 g/mol. The van der Waals surface area contributed by atoms with Gasteiger partial charge in [-0.05, 0) is 49.6 Å². The van der Waals surface area contributed by atoms with E-state index >= 15 is 0 Å². The van der Waals surface area contributed by atoms with E-state index in [2.05, 4.69) is 23.9 Å². The van der Waals surface area contributed by atoms with E-state index in [1.54, 1.807) is 27.2 Å². The van der Waals surface area contributed by atoms with Crippen LogP contribution in [0.5, 0.6) is 0 Å². The maximum Gasteiger partial charge on any atom is 0.264 e. The minimum Gasteiger partial charge on any atom is -0.334 e. The third-order valence-corrected chi connectivity index (χ3v) is 5.65. The fraction of sp³-hybridized carbons (Fsp3) is 0.316. The van der Waals surface area contributed by atoms with Crippen LogP contribution in [0.1, 0.15) is 45.6 Å². The van der Waals surface area contributed by atoms with E-state index in [0.717, 1.165) is 22.5 Å². The summed E-state index contributed by atoms with van der Waals surface area (Å²) >= 11 is 1.58. The summed E-state index contributed by atoms with van der Waals surface area (Å²) in [7, 11) is 1.86. The molecule has 3 rings (SSSR count). The van der Waals surface area contributed by atoms with Crippen LogP contribution < -0.4 is 0 Å². The molecule has 0 spiro atoms. The minimum atomic E-state index is -0.00946. The average Bonchev–Trinajstić information content (AvgIpc) is 3.29. The van der Waals surface area contributed by atoms with Crippen LogP contribution in [0.15, 0.2) is 43.0 Å². The Morgan fingerprint density at radius 3 is 2.60 bits per heavy atom. The molecule has 0 aliphatic heterocycles. The normalized spacial score (nSPS) is 12.2. The molecule has 0 aliphatic rings. The van der Waals surface area contributed by atoms with Gasteiger partial charge in [0.15, 0.2) is 0 Å². The number of benzene rings is 1. The van der Waals surface area contributed by atoms with E-state index in [4.69, 9.17) is 0 Å². The molecule has 0 bridgehead atoms. The van der Waals surface area contributed by atoms with Crippen LogP contribution in [-0.4, -0.2) is 32.6 Å². The number of amides is 1. The average molecular weight is 354 g/mol. The molecule has 5 nitrogen and oxygen atoms in total. The molecule has 0 saturated heterocycles. The predicted molar refractivity (Wildman–Crippen MR) is 100 cm³/mol. The van der Waals surface area contributed by atoms with Crippen molar-refractivity contribution in [3.8, 4) is 5.69 Å². The van der Waals surface area contributed by atoms with Gasteiger partial charge in [0.25, 0.3) is 5.91 Å². The number of hydrogen-bond donors (Lipinski definition) is 0. The van der Waals surface area contributed by atoms with Gasteiger partial charge in [0.05, 0.1) is 16.6 Å². The molecule has 25 heavy (non-hydrogen) atoms. The highest BCUT2D eigenvalue weighted by atomic mass is 32.1. The molecule has 130 valence electrons. The highest BCUT2D eigenvalue weighted by Gasteiger charge is 2.21. The molecule has 1 amide bonds. The second kappa shape index (κ2) is 7.19. The third kappa shape index (κ3) is 3.49. The Balaban J connectivity index is 1.77. The molecular formula is C19H22N4OS. The Morgan fingerprint density at radius 1 is 1.32 bits per heavy atom. The zero-order valence-corrected chi connectivity index (χ0v) is 15.7. The lowest BCUT2D eigenvalue weighted by molar-refractivity contribution is 0.0747. The molecule has 0 fully saturated rings. The number of nitrogens with zero attached hydrogens (tertiary/aromatic N) is 4. The highest BCUT2D eigenvalue weighted by Crippen LogP contribution is 2.27. The van der Waals surface area contributed by atoms with Crippen molar-refractivity contribution in [1.82, 2.24) is 19.7 Å². The molecule has 6 heteroatoms. The number of aryl methyl sites for hydroxylation is 2. The van der Waals surface area contributed by atoms with Gasteiger partial charge in [-0.15, -0.1) is 11.3 Å². The summed E-state index contributed by atoms with van der Waals surface area (Å²) in [4.78, 5) is 20.6. The number of rotatable bonds is 5. The van der Waals surface area contributed by atoms with Crippen LogP contribution in [0.2, 0.25) is 0 Å². The van der Waals surface area contributed by atoms with Gasteiger partial charge in [-0.2, -0.15) is 5.10 Å². The molecule has 0 saturated carbocycles. The van der Waals surface area contributed by atoms with E-state index in [0.29, 0.717) is 0 Å². The topological polar surface area (TPSA) is 51.0 Å². The van der Waals surface area contributed by atoms with Gasteiger partial charge in [0, 0.05) is 11.9 Å². The largest absolute Gasteiger partial charge is 0.334 e. The van der Waals surface area contributed by atoms with Gasteiger partial charge in [0.1, 0.15) is 12.7 Å². The van der Waals surface area contributed by atoms with E-state index in [1.165, 1.54) is 16.8 Å². The zero-order valence-electron chi connectivity index (χ0n) is 14.9. The number of aromatic nitrogens is 3. The molecule has 1 aromatic carbocycles. The van der Waals surface area contributed by atoms with Gasteiger partial charge in [0.2, 0.25) is 0 Å². The van der Waals surface area contributed by atoms with E-state index < -0.39 is 0 Å². The maximum absolute atomic E-state index is 12.8. The zero-order chi connectivity index (χ0) is 18.0. The Morgan fingerprint density at radius 2 is 2.04 bits per heavy atom. The smallest absolute Gasteiger partial charge is 0.264 e. The van der Waals surface area contributed by atoms with E-state index in [-0.39, 0.29) is 11.9 Å². The van der Waals surface area contributed by atoms with Crippen LogP contribution in [0, 0.1) is 6.92 Å². The maximum atomic E-state index is 12.8. The van der Waals surface area contributed by atoms with Gasteiger partial charge >= 0.3 is 0 Å². The first kappa shape index (κ1) is 17.4. The van der Waals surface area contributed by atoms with Crippen LogP contribution in [0.4, 0.5) is 0 Å². The molecule has 0 radical (unpaired) electrons. The summed E-state index contributed by atoms with van der Waals surface area (Å²) in [5.41, 5.74) is 3.29. The van der Waals surface area contributed by atoms with E-state index in [9.17, 15) is 4.79 Å². The van der Waals surface area contributed by atoms with Crippen LogP contribution in [0.3, 0.4) is 0 Å². The Hall–Kier alpha value is -2.47. The molecule has 2 aromatic heterocycles. The minimum absolute atomic E-state index is 0.00946. The fourth-order valence-corrected chi connectivity index (χ4v) is 3.89. The second-order valence-corrected chi connectivity index (χ2v) is 7.33. The summed E-state index contributed by atoms with van der Waals surface area (Å²) in [6, 6.07) is 10.1. The van der Waals surface area contributed by atoms with Crippen molar-refractivity contribution < 1.29 is 4.79 Å². The molecule has 1 unspecified atom stereocenters. The molecule has 0 N–H and O–H groups in total. The first-order chi connectivity index (χ1) is 12.0. The molecule has 2 heterocycles. The fourth-order valence-electron chi connectivity index (χ4n) is 2.80. The number of carbonyl (C=O) groups is 1. The standard InChI is InChI=1S/C19H22N4OS/c1-5-15-10-18(25-14(15)3)19(24)22(4)13(2)16-6-8-17(9-7-16)23-12-20-11-21-23/h6-13H,5H2,1-4H3.